The second kappa shape index (κ2) is 7.37. The number of carbonyl (C=O) groups excluding carboxylic acids is 1. The number of aromatic nitrogens is 1. The number of amides is 1. The predicted octanol–water partition coefficient (Wildman–Crippen LogP) is 3.76. The van der Waals surface area contributed by atoms with Gasteiger partial charge in [0, 0.05) is 6.07 Å². The van der Waals surface area contributed by atoms with Crippen LogP contribution in [0.4, 0.5) is 18.3 Å². The zero-order valence-electron chi connectivity index (χ0n) is 13.7. The van der Waals surface area contributed by atoms with Gasteiger partial charge in [0.25, 0.3) is 16.0 Å². The number of alkyl halides is 3. The van der Waals surface area contributed by atoms with Gasteiger partial charge in [-0.2, -0.15) is 8.42 Å². The molecule has 3 aromatic rings. The minimum Gasteiger partial charge on any atom is -0.406 e. The smallest absolute Gasteiger partial charge is 0.406 e. The molecule has 1 atom stereocenters. The van der Waals surface area contributed by atoms with Gasteiger partial charge in [-0.3, -0.25) is 9.35 Å². The van der Waals surface area contributed by atoms with Gasteiger partial charge < -0.3 is 10.1 Å². The second-order valence-corrected chi connectivity index (χ2v) is 8.02. The lowest BCUT2D eigenvalue weighted by Gasteiger charge is -2.13. The summed E-state index contributed by atoms with van der Waals surface area (Å²) in [4.78, 5) is 16.5. The lowest BCUT2D eigenvalue weighted by atomic mass is 10.1. The first kappa shape index (κ1) is 20.0. The Labute approximate surface area is 160 Å². The topological polar surface area (TPSA) is 106 Å². The van der Waals surface area contributed by atoms with Gasteiger partial charge in [0.2, 0.25) is 0 Å². The zero-order valence-corrected chi connectivity index (χ0v) is 15.3. The summed E-state index contributed by atoms with van der Waals surface area (Å²) in [6, 6.07) is 10.7. The standard InChI is InChI=1S/C16H11F3N2O5S2/c17-16(18,19)26-10-6-7-11-12(8-10)27-15(20-11)21-14(22)13(28(23,24)25)9-4-2-1-3-5-9/h1-8,13H,(H,20,21,22)(H,23,24,25). The largest absolute Gasteiger partial charge is 0.573 e. The van der Waals surface area contributed by atoms with Gasteiger partial charge in [0.15, 0.2) is 10.4 Å². The van der Waals surface area contributed by atoms with E-state index in [2.05, 4.69) is 15.0 Å². The number of fused-ring (bicyclic) bond motifs is 1. The predicted molar refractivity (Wildman–Crippen MR) is 95.7 cm³/mol. The van der Waals surface area contributed by atoms with Crippen LogP contribution in [0, 0.1) is 0 Å². The number of halogens is 3. The van der Waals surface area contributed by atoms with E-state index in [1.54, 1.807) is 6.07 Å². The van der Waals surface area contributed by atoms with Crippen molar-refractivity contribution in [3.05, 3.63) is 54.1 Å². The Morgan fingerprint density at radius 2 is 1.86 bits per heavy atom. The van der Waals surface area contributed by atoms with Crippen molar-refractivity contribution in [1.82, 2.24) is 4.98 Å². The molecule has 3 rings (SSSR count). The molecule has 1 aromatic heterocycles. The third kappa shape index (κ3) is 4.77. The van der Waals surface area contributed by atoms with E-state index in [0.717, 1.165) is 23.5 Å². The summed E-state index contributed by atoms with van der Waals surface area (Å²) in [5, 5.41) is 0.339. The molecule has 2 N–H and O–H groups in total. The Kier molecular flexibility index (Phi) is 5.28. The fourth-order valence-corrected chi connectivity index (χ4v) is 4.14. The van der Waals surface area contributed by atoms with Gasteiger partial charge in [-0.15, -0.1) is 13.2 Å². The van der Waals surface area contributed by atoms with E-state index in [9.17, 15) is 30.9 Å². The fourth-order valence-electron chi connectivity index (χ4n) is 2.41. The summed E-state index contributed by atoms with van der Waals surface area (Å²) >= 11 is 0.822. The van der Waals surface area contributed by atoms with Crippen LogP contribution in [0.5, 0.6) is 5.75 Å². The fraction of sp³-hybridized carbons (Fsp3) is 0.125. The highest BCUT2D eigenvalue weighted by molar-refractivity contribution is 7.86. The highest BCUT2D eigenvalue weighted by atomic mass is 32.2. The number of ether oxygens (including phenoxy) is 1. The van der Waals surface area contributed by atoms with Gasteiger partial charge in [-0.25, -0.2) is 4.98 Å². The molecule has 0 aliphatic carbocycles. The number of nitrogens with one attached hydrogen (secondary N) is 1. The molecular formula is C16H11F3N2O5S2. The van der Waals surface area contributed by atoms with Crippen molar-refractivity contribution in [3.63, 3.8) is 0 Å². The second-order valence-electron chi connectivity index (χ2n) is 5.49. The Morgan fingerprint density at radius 3 is 2.46 bits per heavy atom. The number of benzene rings is 2. The number of anilines is 1. The molecule has 1 amide bonds. The van der Waals surface area contributed by atoms with Crippen LogP contribution >= 0.6 is 11.3 Å². The number of hydrogen-bond donors (Lipinski definition) is 2. The minimum atomic E-state index is -4.85. The average molecular weight is 432 g/mol. The molecule has 0 saturated heterocycles. The maximum atomic E-state index is 12.4. The molecule has 1 heterocycles. The molecule has 7 nitrogen and oxygen atoms in total. The molecule has 0 saturated carbocycles. The van der Waals surface area contributed by atoms with Crippen LogP contribution in [0.1, 0.15) is 10.8 Å². The zero-order chi connectivity index (χ0) is 20.5. The monoisotopic (exact) mass is 432 g/mol. The number of hydrogen-bond acceptors (Lipinski definition) is 6. The number of thiazole rings is 1. The quantitative estimate of drug-likeness (QED) is 0.595. The van der Waals surface area contributed by atoms with E-state index >= 15 is 0 Å². The molecule has 2 aromatic carbocycles. The molecule has 0 aliphatic rings. The van der Waals surface area contributed by atoms with E-state index in [1.807, 2.05) is 0 Å². The van der Waals surface area contributed by atoms with Crippen LogP contribution in [0.3, 0.4) is 0 Å². The number of nitrogens with zero attached hydrogens (tertiary/aromatic N) is 1. The maximum Gasteiger partial charge on any atom is 0.573 e. The van der Waals surface area contributed by atoms with Gasteiger partial charge >= 0.3 is 6.36 Å². The van der Waals surface area contributed by atoms with E-state index in [4.69, 9.17) is 0 Å². The molecule has 0 bridgehead atoms. The maximum absolute atomic E-state index is 12.4. The van der Waals surface area contributed by atoms with Crippen LogP contribution in [0.2, 0.25) is 0 Å². The molecule has 0 aliphatic heterocycles. The summed E-state index contributed by atoms with van der Waals surface area (Å²) in [7, 11) is -4.77. The molecule has 0 spiro atoms. The first-order valence-electron chi connectivity index (χ1n) is 7.51. The van der Waals surface area contributed by atoms with Crippen LogP contribution < -0.4 is 10.1 Å². The first-order chi connectivity index (χ1) is 13.0. The number of rotatable bonds is 5. The third-order valence-electron chi connectivity index (χ3n) is 3.46. The number of carbonyl (C=O) groups is 1. The Morgan fingerprint density at radius 1 is 1.18 bits per heavy atom. The third-order valence-corrected chi connectivity index (χ3v) is 5.48. The Balaban J connectivity index is 1.87. The van der Waals surface area contributed by atoms with Crippen molar-refractivity contribution in [1.29, 1.82) is 0 Å². The van der Waals surface area contributed by atoms with Crippen molar-refractivity contribution < 1.29 is 35.7 Å². The molecule has 28 heavy (non-hydrogen) atoms. The molecule has 12 heteroatoms. The van der Waals surface area contributed by atoms with E-state index < -0.39 is 33.4 Å². The molecule has 148 valence electrons. The van der Waals surface area contributed by atoms with Crippen molar-refractivity contribution in [2.24, 2.45) is 0 Å². The van der Waals surface area contributed by atoms with Crippen molar-refractivity contribution in [2.75, 3.05) is 5.32 Å². The highest BCUT2D eigenvalue weighted by Crippen LogP contribution is 2.32. The van der Waals surface area contributed by atoms with Crippen LogP contribution in [-0.2, 0) is 14.9 Å². The summed E-state index contributed by atoms with van der Waals surface area (Å²) in [5.74, 6) is -1.51. The van der Waals surface area contributed by atoms with Gasteiger partial charge in [-0.1, -0.05) is 41.7 Å². The molecule has 0 fully saturated rings. The van der Waals surface area contributed by atoms with Gasteiger partial charge in [0.1, 0.15) is 5.75 Å². The average Bonchev–Trinajstić information content (AvgIpc) is 2.94. The highest BCUT2D eigenvalue weighted by Gasteiger charge is 2.34. The van der Waals surface area contributed by atoms with Crippen LogP contribution in [-0.4, -0.2) is 30.2 Å². The van der Waals surface area contributed by atoms with Crippen molar-refractivity contribution in [3.8, 4) is 5.75 Å². The van der Waals surface area contributed by atoms with E-state index in [1.165, 1.54) is 30.3 Å². The van der Waals surface area contributed by atoms with Crippen molar-refractivity contribution >= 4 is 42.7 Å². The van der Waals surface area contributed by atoms with Crippen LogP contribution in [0.15, 0.2) is 48.5 Å². The van der Waals surface area contributed by atoms with Gasteiger partial charge in [-0.05, 0) is 17.7 Å². The lowest BCUT2D eigenvalue weighted by molar-refractivity contribution is -0.274. The normalized spacial score (nSPS) is 13.3. The summed E-state index contributed by atoms with van der Waals surface area (Å²) in [6.45, 7) is 0. The molecular weight excluding hydrogens is 421 g/mol. The molecule has 0 radical (unpaired) electrons. The van der Waals surface area contributed by atoms with E-state index in [-0.39, 0.29) is 20.9 Å². The molecule has 1 unspecified atom stereocenters. The lowest BCUT2D eigenvalue weighted by Crippen LogP contribution is -2.27. The van der Waals surface area contributed by atoms with E-state index in [0.29, 0.717) is 0 Å². The summed E-state index contributed by atoms with van der Waals surface area (Å²) in [5.41, 5.74) is 0.322. The summed E-state index contributed by atoms with van der Waals surface area (Å²) in [6.07, 6.45) is -4.85. The first-order valence-corrected chi connectivity index (χ1v) is 9.83. The van der Waals surface area contributed by atoms with Gasteiger partial charge in [0.05, 0.1) is 10.2 Å². The summed E-state index contributed by atoms with van der Waals surface area (Å²) < 4.78 is 73.8. The minimum absolute atomic E-state index is 0.0458. The Bertz CT molecular complexity index is 1110. The SMILES string of the molecule is O=C(Nc1nc2ccc(OC(F)(F)F)cc2s1)C(c1ccccc1)S(=O)(=O)O. The van der Waals surface area contributed by atoms with Crippen molar-refractivity contribution in [2.45, 2.75) is 11.6 Å². The Hall–Kier alpha value is -2.70. The van der Waals surface area contributed by atoms with Crippen LogP contribution in [0.25, 0.3) is 10.2 Å².